The monoisotopic (exact) mass is 560 g/mol. The zero-order chi connectivity index (χ0) is 28.0. The summed E-state index contributed by atoms with van der Waals surface area (Å²) in [5, 5.41) is 14.3. The molecular weight excluding hydrogens is 536 g/mol. The average Bonchev–Trinajstić information content (AvgIpc) is 3.33. The van der Waals surface area contributed by atoms with E-state index in [2.05, 4.69) is 5.10 Å². The maximum Gasteiger partial charge on any atom is 0.307 e. The second kappa shape index (κ2) is 11.8. The Morgan fingerprint density at radius 1 is 0.795 bits per heavy atom. The van der Waals surface area contributed by atoms with Gasteiger partial charge >= 0.3 is 5.97 Å². The summed E-state index contributed by atoms with van der Waals surface area (Å²) in [6.45, 7) is 0. The Labute approximate surface area is 231 Å². The third-order valence-electron chi connectivity index (χ3n) is 5.65. The summed E-state index contributed by atoms with van der Waals surface area (Å²) in [5.74, 6) is -0.886. The lowest BCUT2D eigenvalue weighted by Crippen LogP contribution is -2.02. The van der Waals surface area contributed by atoms with Crippen LogP contribution in [0.15, 0.2) is 119 Å². The molecule has 5 N–H and O–H groups in total. The highest BCUT2D eigenvalue weighted by atomic mass is 35.5. The number of rotatable bonds is 6. The summed E-state index contributed by atoms with van der Waals surface area (Å²) in [4.78, 5) is 11.5. The molecule has 0 fully saturated rings. The number of carboxylic acid groups (broad SMARTS) is 1. The van der Waals surface area contributed by atoms with Crippen LogP contribution in [0.1, 0.15) is 5.56 Å². The minimum Gasteiger partial charge on any atom is -0.481 e. The van der Waals surface area contributed by atoms with Crippen LogP contribution in [0, 0.1) is 0 Å². The third kappa shape index (κ3) is 6.84. The summed E-state index contributed by atoms with van der Waals surface area (Å²) >= 11 is 5.90. The zero-order valence-electron chi connectivity index (χ0n) is 20.6. The van der Waals surface area contributed by atoms with Crippen molar-refractivity contribution < 1.29 is 18.3 Å². The van der Waals surface area contributed by atoms with Gasteiger partial charge in [0.15, 0.2) is 0 Å². The molecule has 1 heterocycles. The van der Waals surface area contributed by atoms with Crippen molar-refractivity contribution in [3.8, 4) is 16.9 Å². The molecule has 0 unspecified atom stereocenters. The van der Waals surface area contributed by atoms with Crippen LogP contribution in [0.4, 0.5) is 11.4 Å². The molecule has 5 rings (SSSR count). The quantitative estimate of drug-likeness (QED) is 0.233. The molecule has 0 atom stereocenters. The van der Waals surface area contributed by atoms with Gasteiger partial charge in [0.1, 0.15) is 0 Å². The molecule has 0 spiro atoms. The van der Waals surface area contributed by atoms with Crippen LogP contribution in [0.3, 0.4) is 0 Å². The van der Waals surface area contributed by atoms with Crippen molar-refractivity contribution in [1.82, 2.24) is 9.78 Å². The number of para-hydroxylation sites is 1. The van der Waals surface area contributed by atoms with Gasteiger partial charge in [0.05, 0.1) is 27.6 Å². The average molecular weight is 561 g/mol. The highest BCUT2D eigenvalue weighted by molar-refractivity contribution is 7.91. The standard InChI is InChI=1S/C17H13ClN2O2.C12H12N2O2S/c18-14-8-6-12(7-9-14)17-13(10-16(21)22)11-20(19-17)15-4-2-1-3-5-15;13-9-1-5-11(6-2-9)17(15,16)12-7-3-10(14)4-8-12/h1-9,11H,10H2,(H,21,22);1-8H,13-14H2. The molecule has 0 aliphatic heterocycles. The molecule has 8 nitrogen and oxygen atoms in total. The van der Waals surface area contributed by atoms with Crippen LogP contribution < -0.4 is 11.5 Å². The maximum atomic E-state index is 12.2. The number of carbonyl (C=O) groups is 1. The van der Waals surface area contributed by atoms with Gasteiger partial charge in [-0.05, 0) is 72.8 Å². The number of nitrogens with two attached hydrogens (primary N) is 2. The van der Waals surface area contributed by atoms with Crippen LogP contribution >= 0.6 is 11.6 Å². The number of anilines is 2. The van der Waals surface area contributed by atoms with Crippen LogP contribution in [0.25, 0.3) is 16.9 Å². The SMILES string of the molecule is Nc1ccc(S(=O)(=O)c2ccc(N)cc2)cc1.O=C(O)Cc1cn(-c2ccccc2)nc1-c1ccc(Cl)cc1. The Hall–Kier alpha value is -4.60. The normalized spacial score (nSPS) is 10.9. The van der Waals surface area contributed by atoms with Crippen molar-refractivity contribution >= 4 is 38.8 Å². The van der Waals surface area contributed by atoms with Crippen molar-refractivity contribution in [2.45, 2.75) is 16.2 Å². The molecule has 0 saturated carbocycles. The summed E-state index contributed by atoms with van der Waals surface area (Å²) < 4.78 is 26.0. The van der Waals surface area contributed by atoms with Crippen LogP contribution in [0.5, 0.6) is 0 Å². The Bertz CT molecular complexity index is 1620. The molecule has 0 aliphatic rings. The Morgan fingerprint density at radius 3 is 1.79 bits per heavy atom. The van der Waals surface area contributed by atoms with E-state index in [-0.39, 0.29) is 16.2 Å². The van der Waals surface area contributed by atoms with Crippen molar-refractivity contribution in [1.29, 1.82) is 0 Å². The summed E-state index contributed by atoms with van der Waals surface area (Å²) in [7, 11) is -3.48. The van der Waals surface area contributed by atoms with Crippen LogP contribution in [-0.2, 0) is 21.1 Å². The number of benzene rings is 4. The maximum absolute atomic E-state index is 12.2. The van der Waals surface area contributed by atoms with Gasteiger partial charge in [-0.25, -0.2) is 13.1 Å². The molecule has 4 aromatic carbocycles. The van der Waals surface area contributed by atoms with Gasteiger partial charge in [0.25, 0.3) is 0 Å². The van der Waals surface area contributed by atoms with Gasteiger partial charge in [-0.15, -0.1) is 0 Å². The summed E-state index contributed by atoms with van der Waals surface area (Å²) in [6.07, 6.45) is 1.68. The molecule has 5 aromatic rings. The topological polar surface area (TPSA) is 141 Å². The van der Waals surface area contributed by atoms with Gasteiger partial charge < -0.3 is 16.6 Å². The van der Waals surface area contributed by atoms with Crippen molar-refractivity contribution in [3.63, 3.8) is 0 Å². The Balaban J connectivity index is 0.000000187. The van der Waals surface area contributed by atoms with E-state index in [0.29, 0.717) is 27.7 Å². The first kappa shape index (κ1) is 27.4. The summed E-state index contributed by atoms with van der Waals surface area (Å²) in [6, 6.07) is 29.0. The van der Waals surface area contributed by atoms with Gasteiger partial charge in [-0.3, -0.25) is 4.79 Å². The molecule has 39 heavy (non-hydrogen) atoms. The Kier molecular flexibility index (Phi) is 8.33. The van der Waals surface area contributed by atoms with E-state index in [4.69, 9.17) is 28.2 Å². The smallest absolute Gasteiger partial charge is 0.307 e. The van der Waals surface area contributed by atoms with Crippen molar-refractivity contribution in [2.24, 2.45) is 0 Å². The molecular formula is C29H25ClN4O4S. The predicted octanol–water partition coefficient (Wildman–Crippen LogP) is 5.50. The zero-order valence-corrected chi connectivity index (χ0v) is 22.2. The van der Waals surface area contributed by atoms with E-state index < -0.39 is 15.8 Å². The minimum absolute atomic E-state index is 0.0786. The molecule has 198 valence electrons. The van der Waals surface area contributed by atoms with Gasteiger partial charge in [-0.1, -0.05) is 41.9 Å². The lowest BCUT2D eigenvalue weighted by Gasteiger charge is -2.05. The lowest BCUT2D eigenvalue weighted by molar-refractivity contribution is -0.136. The first-order valence-electron chi connectivity index (χ1n) is 11.7. The third-order valence-corrected chi connectivity index (χ3v) is 7.69. The number of halogens is 1. The molecule has 0 aliphatic carbocycles. The Morgan fingerprint density at radius 2 is 1.31 bits per heavy atom. The molecule has 0 amide bonds. The number of aromatic nitrogens is 2. The number of hydrogen-bond acceptors (Lipinski definition) is 6. The fraction of sp³-hybridized carbons (Fsp3) is 0.0345. The van der Waals surface area contributed by atoms with Crippen molar-refractivity contribution in [2.75, 3.05) is 11.5 Å². The van der Waals surface area contributed by atoms with E-state index in [1.165, 1.54) is 24.3 Å². The predicted molar refractivity (Wildman–Crippen MR) is 153 cm³/mol. The van der Waals surface area contributed by atoms with Gasteiger partial charge in [0, 0.05) is 33.7 Å². The van der Waals surface area contributed by atoms with E-state index in [9.17, 15) is 13.2 Å². The number of carboxylic acids is 1. The first-order chi connectivity index (χ1) is 18.6. The minimum atomic E-state index is -3.48. The molecule has 1 aromatic heterocycles. The number of aliphatic carboxylic acids is 1. The molecule has 0 radical (unpaired) electrons. The van der Waals surface area contributed by atoms with E-state index in [1.807, 2.05) is 42.5 Å². The largest absolute Gasteiger partial charge is 0.481 e. The fourth-order valence-electron chi connectivity index (χ4n) is 3.70. The highest BCUT2D eigenvalue weighted by Gasteiger charge is 2.17. The highest BCUT2D eigenvalue weighted by Crippen LogP contribution is 2.26. The second-order valence-electron chi connectivity index (χ2n) is 8.50. The van der Waals surface area contributed by atoms with E-state index in [1.54, 1.807) is 47.3 Å². The van der Waals surface area contributed by atoms with E-state index in [0.717, 1.165) is 11.3 Å². The van der Waals surface area contributed by atoms with Gasteiger partial charge in [-0.2, -0.15) is 5.10 Å². The van der Waals surface area contributed by atoms with Crippen molar-refractivity contribution in [3.05, 3.63) is 120 Å². The molecule has 10 heteroatoms. The first-order valence-corrected chi connectivity index (χ1v) is 13.6. The number of nitrogens with zero attached hydrogens (tertiary/aromatic N) is 2. The molecule has 0 saturated heterocycles. The van der Waals surface area contributed by atoms with Gasteiger partial charge in [0.2, 0.25) is 9.84 Å². The van der Waals surface area contributed by atoms with E-state index >= 15 is 0 Å². The lowest BCUT2D eigenvalue weighted by atomic mass is 10.1. The number of hydrogen-bond donors (Lipinski definition) is 3. The van der Waals surface area contributed by atoms with Crippen LogP contribution in [0.2, 0.25) is 5.02 Å². The molecule has 0 bridgehead atoms. The van der Waals surface area contributed by atoms with Crippen LogP contribution in [-0.4, -0.2) is 29.3 Å². The fourth-order valence-corrected chi connectivity index (χ4v) is 5.08. The number of nitrogen functional groups attached to an aromatic ring is 2. The second-order valence-corrected chi connectivity index (χ2v) is 10.9. The number of sulfone groups is 1. The summed E-state index contributed by atoms with van der Waals surface area (Å²) in [5.41, 5.74) is 15.1.